The van der Waals surface area contributed by atoms with Crippen LogP contribution in [0.3, 0.4) is 0 Å². The average Bonchev–Trinajstić information content (AvgIpc) is 3.12. The molecular formula is C18H31Cl2N3O2. The fourth-order valence-corrected chi connectivity index (χ4v) is 2.82. The van der Waals surface area contributed by atoms with Crippen LogP contribution in [-0.4, -0.2) is 50.1 Å². The zero-order valence-electron chi connectivity index (χ0n) is 15.1. The molecule has 7 heteroatoms. The van der Waals surface area contributed by atoms with Crippen molar-refractivity contribution in [1.82, 2.24) is 15.5 Å². The number of hydrogen-bond donors (Lipinski definition) is 2. The molecule has 1 aromatic rings. The summed E-state index contributed by atoms with van der Waals surface area (Å²) in [6.07, 6.45) is 0.924. The molecule has 25 heavy (non-hydrogen) atoms. The van der Waals surface area contributed by atoms with Gasteiger partial charge in [0, 0.05) is 25.2 Å². The van der Waals surface area contributed by atoms with E-state index in [4.69, 9.17) is 4.74 Å². The number of ether oxygens (including phenoxy) is 1. The van der Waals surface area contributed by atoms with E-state index in [2.05, 4.69) is 29.4 Å². The molecule has 2 N–H and O–H groups in total. The Morgan fingerprint density at radius 3 is 2.64 bits per heavy atom. The lowest BCUT2D eigenvalue weighted by Gasteiger charge is -2.19. The molecule has 1 saturated heterocycles. The molecule has 1 aromatic carbocycles. The van der Waals surface area contributed by atoms with E-state index in [9.17, 15) is 4.79 Å². The summed E-state index contributed by atoms with van der Waals surface area (Å²) in [7, 11) is 0. The molecule has 2 rings (SSSR count). The highest BCUT2D eigenvalue weighted by Gasteiger charge is 2.22. The van der Waals surface area contributed by atoms with Crippen molar-refractivity contribution in [3.63, 3.8) is 0 Å². The number of amides is 1. The Morgan fingerprint density at radius 1 is 1.28 bits per heavy atom. The minimum atomic E-state index is 0. The van der Waals surface area contributed by atoms with Crippen molar-refractivity contribution < 1.29 is 9.53 Å². The predicted molar refractivity (Wildman–Crippen MR) is 107 cm³/mol. The number of carbonyl (C=O) groups excluding carboxylic acids is 1. The molecule has 1 amide bonds. The van der Waals surface area contributed by atoms with E-state index in [1.165, 1.54) is 0 Å². The van der Waals surface area contributed by atoms with E-state index in [0.29, 0.717) is 13.2 Å². The predicted octanol–water partition coefficient (Wildman–Crippen LogP) is 2.48. The molecule has 0 bridgehead atoms. The van der Waals surface area contributed by atoms with Gasteiger partial charge in [-0.2, -0.15) is 0 Å². The SMILES string of the molecule is CCN(CC)CCOc1ccccc1CNC(=O)C1CCNC1.Cl.Cl. The van der Waals surface area contributed by atoms with Crippen molar-refractivity contribution in [3.05, 3.63) is 29.8 Å². The summed E-state index contributed by atoms with van der Waals surface area (Å²) in [6.45, 7) is 10.2. The maximum Gasteiger partial charge on any atom is 0.224 e. The number of benzene rings is 1. The summed E-state index contributed by atoms with van der Waals surface area (Å²) < 4.78 is 5.92. The van der Waals surface area contributed by atoms with Gasteiger partial charge in [-0.05, 0) is 32.1 Å². The Kier molecular flexibility index (Phi) is 12.7. The van der Waals surface area contributed by atoms with E-state index in [1.54, 1.807) is 0 Å². The van der Waals surface area contributed by atoms with Crippen molar-refractivity contribution in [2.24, 2.45) is 5.92 Å². The molecule has 144 valence electrons. The lowest BCUT2D eigenvalue weighted by atomic mass is 10.1. The summed E-state index contributed by atoms with van der Waals surface area (Å²) in [5.74, 6) is 1.10. The first-order valence-electron chi connectivity index (χ1n) is 8.66. The maximum atomic E-state index is 12.1. The van der Waals surface area contributed by atoms with Crippen LogP contribution in [0.1, 0.15) is 25.8 Å². The highest BCUT2D eigenvalue weighted by Crippen LogP contribution is 2.18. The van der Waals surface area contributed by atoms with E-state index in [-0.39, 0.29) is 36.6 Å². The molecule has 0 aromatic heterocycles. The van der Waals surface area contributed by atoms with Crippen LogP contribution >= 0.6 is 24.8 Å². The molecule has 1 unspecified atom stereocenters. The number of para-hydroxylation sites is 1. The van der Waals surface area contributed by atoms with Crippen LogP contribution in [0.25, 0.3) is 0 Å². The largest absolute Gasteiger partial charge is 0.492 e. The third-order valence-electron chi connectivity index (χ3n) is 4.42. The average molecular weight is 392 g/mol. The van der Waals surface area contributed by atoms with Crippen LogP contribution in [0.15, 0.2) is 24.3 Å². The monoisotopic (exact) mass is 391 g/mol. The van der Waals surface area contributed by atoms with E-state index < -0.39 is 0 Å². The van der Waals surface area contributed by atoms with Gasteiger partial charge in [0.05, 0.1) is 5.92 Å². The zero-order valence-corrected chi connectivity index (χ0v) is 16.8. The molecule has 1 fully saturated rings. The molecule has 0 radical (unpaired) electrons. The Bertz CT molecular complexity index is 493. The van der Waals surface area contributed by atoms with Crippen LogP contribution in [-0.2, 0) is 11.3 Å². The van der Waals surface area contributed by atoms with Crippen LogP contribution in [0, 0.1) is 5.92 Å². The van der Waals surface area contributed by atoms with E-state index >= 15 is 0 Å². The van der Waals surface area contributed by atoms with Crippen molar-refractivity contribution in [2.75, 3.05) is 39.3 Å². The lowest BCUT2D eigenvalue weighted by Crippen LogP contribution is -2.31. The van der Waals surface area contributed by atoms with Crippen molar-refractivity contribution in [1.29, 1.82) is 0 Å². The Hall–Kier alpha value is -1.01. The fourth-order valence-electron chi connectivity index (χ4n) is 2.82. The van der Waals surface area contributed by atoms with Gasteiger partial charge in [-0.15, -0.1) is 24.8 Å². The van der Waals surface area contributed by atoms with Gasteiger partial charge in [0.25, 0.3) is 0 Å². The van der Waals surface area contributed by atoms with Gasteiger partial charge < -0.3 is 20.3 Å². The van der Waals surface area contributed by atoms with E-state index in [0.717, 1.165) is 50.5 Å². The smallest absolute Gasteiger partial charge is 0.224 e. The molecule has 1 heterocycles. The fraction of sp³-hybridized carbons (Fsp3) is 0.611. The first-order valence-corrected chi connectivity index (χ1v) is 8.66. The second-order valence-electron chi connectivity index (χ2n) is 5.89. The first kappa shape index (κ1) is 24.0. The second-order valence-corrected chi connectivity index (χ2v) is 5.89. The van der Waals surface area contributed by atoms with Crippen LogP contribution in [0.2, 0.25) is 0 Å². The van der Waals surface area contributed by atoms with Gasteiger partial charge in [-0.25, -0.2) is 0 Å². The molecule has 0 aliphatic carbocycles. The standard InChI is InChI=1S/C18H29N3O2.2ClH/c1-3-21(4-2)11-12-23-17-8-6-5-7-15(17)14-20-18(22)16-9-10-19-13-16;;/h5-8,16,19H,3-4,9-14H2,1-2H3,(H,20,22);2*1H. The minimum Gasteiger partial charge on any atom is -0.492 e. The lowest BCUT2D eigenvalue weighted by molar-refractivity contribution is -0.124. The summed E-state index contributed by atoms with van der Waals surface area (Å²) in [4.78, 5) is 14.4. The number of halogens is 2. The Labute approximate surface area is 163 Å². The van der Waals surface area contributed by atoms with E-state index in [1.807, 2.05) is 24.3 Å². The molecular weight excluding hydrogens is 361 g/mol. The topological polar surface area (TPSA) is 53.6 Å². The van der Waals surface area contributed by atoms with Gasteiger partial charge in [0.1, 0.15) is 12.4 Å². The highest BCUT2D eigenvalue weighted by molar-refractivity contribution is 5.85. The normalized spacial score (nSPS) is 16.0. The second kappa shape index (κ2) is 13.2. The summed E-state index contributed by atoms with van der Waals surface area (Å²) in [5.41, 5.74) is 1.03. The Morgan fingerprint density at radius 2 is 2.00 bits per heavy atom. The summed E-state index contributed by atoms with van der Waals surface area (Å²) in [6, 6.07) is 7.94. The number of hydrogen-bond acceptors (Lipinski definition) is 4. The number of nitrogens with zero attached hydrogens (tertiary/aromatic N) is 1. The van der Waals surface area contributed by atoms with Gasteiger partial charge >= 0.3 is 0 Å². The maximum absolute atomic E-state index is 12.1. The zero-order chi connectivity index (χ0) is 16.5. The van der Waals surface area contributed by atoms with Crippen molar-refractivity contribution in [3.8, 4) is 5.75 Å². The summed E-state index contributed by atoms with van der Waals surface area (Å²) >= 11 is 0. The molecule has 0 spiro atoms. The summed E-state index contributed by atoms with van der Waals surface area (Å²) in [5, 5.41) is 6.26. The molecule has 0 saturated carbocycles. The number of carbonyl (C=O) groups is 1. The third kappa shape index (κ3) is 7.82. The highest BCUT2D eigenvalue weighted by atomic mass is 35.5. The van der Waals surface area contributed by atoms with Gasteiger partial charge in [0.15, 0.2) is 0 Å². The Balaban J connectivity index is 0.00000288. The van der Waals surface area contributed by atoms with Crippen molar-refractivity contribution in [2.45, 2.75) is 26.8 Å². The van der Waals surface area contributed by atoms with Crippen LogP contribution in [0.5, 0.6) is 5.75 Å². The van der Waals surface area contributed by atoms with Crippen LogP contribution < -0.4 is 15.4 Å². The number of rotatable bonds is 9. The van der Waals surface area contributed by atoms with Crippen molar-refractivity contribution >= 4 is 30.7 Å². The van der Waals surface area contributed by atoms with Gasteiger partial charge in [0.2, 0.25) is 5.91 Å². The molecule has 1 aliphatic rings. The molecule has 1 atom stereocenters. The quantitative estimate of drug-likeness (QED) is 0.678. The molecule has 5 nitrogen and oxygen atoms in total. The number of likely N-dealkylation sites (N-methyl/N-ethyl adjacent to an activating group) is 1. The van der Waals surface area contributed by atoms with Gasteiger partial charge in [-0.1, -0.05) is 32.0 Å². The first-order chi connectivity index (χ1) is 11.2. The minimum absolute atomic E-state index is 0. The molecule has 1 aliphatic heterocycles. The number of nitrogens with one attached hydrogen (secondary N) is 2. The van der Waals surface area contributed by atoms with Gasteiger partial charge in [-0.3, -0.25) is 4.79 Å². The van der Waals surface area contributed by atoms with Crippen LogP contribution in [0.4, 0.5) is 0 Å². The third-order valence-corrected chi connectivity index (χ3v) is 4.42.